The highest BCUT2D eigenvalue weighted by atomic mass is 35.5. The Morgan fingerprint density at radius 1 is 1.35 bits per heavy atom. The van der Waals surface area contributed by atoms with Crippen LogP contribution < -0.4 is 5.73 Å². The predicted octanol–water partition coefficient (Wildman–Crippen LogP) is 1.28. The number of hydrogen-bond donors (Lipinski definition) is 1. The van der Waals surface area contributed by atoms with Crippen molar-refractivity contribution in [1.82, 2.24) is 14.8 Å². The monoisotopic (exact) mass is 384 g/mol. The highest BCUT2D eigenvalue weighted by Gasteiger charge is 2.23. The fraction of sp³-hybridized carbons (Fsp3) is 0.714. The molecule has 2 rings (SSSR count). The molecule has 1 aromatic heterocycles. The lowest BCUT2D eigenvalue weighted by Gasteiger charge is -2.34. The van der Waals surface area contributed by atoms with Crippen molar-refractivity contribution < 1.29 is 9.53 Å². The summed E-state index contributed by atoms with van der Waals surface area (Å²) in [7, 11) is 0. The minimum atomic E-state index is 0. The molecule has 23 heavy (non-hydrogen) atoms. The van der Waals surface area contributed by atoms with E-state index in [0.29, 0.717) is 12.2 Å². The van der Waals surface area contributed by atoms with Crippen molar-refractivity contribution in [3.8, 4) is 0 Å². The number of piperazine rings is 1. The third-order valence-electron chi connectivity index (χ3n) is 3.54. The summed E-state index contributed by atoms with van der Waals surface area (Å²) >= 11 is 1.52. The second kappa shape index (κ2) is 12.0. The Balaban J connectivity index is 0.00000242. The number of rotatable bonds is 7. The Bertz CT molecular complexity index is 454. The van der Waals surface area contributed by atoms with E-state index in [1.807, 2.05) is 17.2 Å². The quantitative estimate of drug-likeness (QED) is 0.716. The largest absolute Gasteiger partial charge is 0.380 e. The van der Waals surface area contributed by atoms with Crippen LogP contribution in [-0.2, 0) is 11.2 Å². The molecule has 0 bridgehead atoms. The first-order valence-electron chi connectivity index (χ1n) is 7.48. The predicted molar refractivity (Wildman–Crippen MR) is 98.2 cm³/mol. The van der Waals surface area contributed by atoms with Gasteiger partial charge in [-0.1, -0.05) is 0 Å². The molecule has 1 aliphatic rings. The van der Waals surface area contributed by atoms with E-state index in [1.165, 1.54) is 11.3 Å². The molecule has 0 aromatic carbocycles. The van der Waals surface area contributed by atoms with Gasteiger partial charge in [0.1, 0.15) is 5.69 Å². The van der Waals surface area contributed by atoms with E-state index in [0.717, 1.165) is 57.4 Å². The van der Waals surface area contributed by atoms with E-state index in [-0.39, 0.29) is 30.7 Å². The molecule has 1 aromatic rings. The second-order valence-electron chi connectivity index (χ2n) is 5.00. The van der Waals surface area contributed by atoms with Gasteiger partial charge in [0.15, 0.2) is 0 Å². The molecule has 1 aliphatic heterocycles. The number of carbonyl (C=O) groups is 1. The van der Waals surface area contributed by atoms with Gasteiger partial charge in [0.05, 0.1) is 11.6 Å². The number of nitrogens with zero attached hydrogens (tertiary/aromatic N) is 3. The molecule has 0 aliphatic carbocycles. The average molecular weight is 385 g/mol. The third kappa shape index (κ3) is 6.91. The lowest BCUT2D eigenvalue weighted by Crippen LogP contribution is -2.49. The van der Waals surface area contributed by atoms with Crippen molar-refractivity contribution in [1.29, 1.82) is 0 Å². The molecule has 1 amide bonds. The van der Waals surface area contributed by atoms with E-state index >= 15 is 0 Å². The van der Waals surface area contributed by atoms with Crippen molar-refractivity contribution in [2.45, 2.75) is 13.3 Å². The number of hydrogen-bond acceptors (Lipinski definition) is 6. The number of aromatic nitrogens is 1. The molecule has 9 heteroatoms. The van der Waals surface area contributed by atoms with Crippen LogP contribution in [0, 0.1) is 0 Å². The SMILES string of the molecule is CCOCCN1CCN(C(=O)c2csc(CCN)n2)CC1.Cl.Cl. The number of nitrogens with two attached hydrogens (primary N) is 1. The number of amides is 1. The van der Waals surface area contributed by atoms with E-state index in [1.54, 1.807) is 0 Å². The minimum Gasteiger partial charge on any atom is -0.380 e. The van der Waals surface area contributed by atoms with E-state index in [4.69, 9.17) is 10.5 Å². The Labute approximate surface area is 154 Å². The first-order chi connectivity index (χ1) is 10.2. The normalized spacial score (nSPS) is 15.0. The Hall–Kier alpha value is -0.440. The maximum Gasteiger partial charge on any atom is 0.273 e. The molecule has 2 N–H and O–H groups in total. The summed E-state index contributed by atoms with van der Waals surface area (Å²) in [6, 6.07) is 0. The second-order valence-corrected chi connectivity index (χ2v) is 5.94. The smallest absolute Gasteiger partial charge is 0.273 e. The van der Waals surface area contributed by atoms with E-state index in [9.17, 15) is 4.79 Å². The first kappa shape index (κ1) is 22.6. The summed E-state index contributed by atoms with van der Waals surface area (Å²) in [5.41, 5.74) is 6.07. The highest BCUT2D eigenvalue weighted by Crippen LogP contribution is 2.13. The Morgan fingerprint density at radius 2 is 2.04 bits per heavy atom. The molecule has 0 spiro atoms. The summed E-state index contributed by atoms with van der Waals surface area (Å²) in [5, 5.41) is 2.78. The molecular weight excluding hydrogens is 359 g/mol. The van der Waals surface area contributed by atoms with Crippen LogP contribution in [-0.4, -0.2) is 73.2 Å². The van der Waals surface area contributed by atoms with Gasteiger partial charge in [-0.05, 0) is 13.5 Å². The Kier molecular flexibility index (Phi) is 11.8. The maximum atomic E-state index is 12.4. The summed E-state index contributed by atoms with van der Waals surface area (Å²) in [6.45, 7) is 8.35. The maximum absolute atomic E-state index is 12.4. The van der Waals surface area contributed by atoms with E-state index < -0.39 is 0 Å². The molecule has 0 saturated carbocycles. The lowest BCUT2D eigenvalue weighted by molar-refractivity contribution is 0.0560. The van der Waals surface area contributed by atoms with Crippen molar-refractivity contribution >= 4 is 42.1 Å². The van der Waals surface area contributed by atoms with Crippen LogP contribution in [0.4, 0.5) is 0 Å². The zero-order valence-corrected chi connectivity index (χ0v) is 15.9. The van der Waals surface area contributed by atoms with Crippen molar-refractivity contribution in [2.75, 3.05) is 52.5 Å². The molecule has 0 atom stereocenters. The van der Waals surface area contributed by atoms with Gasteiger partial charge in [-0.3, -0.25) is 9.69 Å². The van der Waals surface area contributed by atoms with Gasteiger partial charge in [0.2, 0.25) is 0 Å². The topological polar surface area (TPSA) is 71.7 Å². The number of ether oxygens (including phenoxy) is 1. The molecule has 134 valence electrons. The van der Waals surface area contributed by atoms with Gasteiger partial charge in [-0.15, -0.1) is 36.2 Å². The number of halogens is 2. The Morgan fingerprint density at radius 3 is 2.65 bits per heavy atom. The van der Waals surface area contributed by atoms with Crippen LogP contribution >= 0.6 is 36.2 Å². The molecule has 1 fully saturated rings. The highest BCUT2D eigenvalue weighted by molar-refractivity contribution is 7.09. The van der Waals surface area contributed by atoms with Crippen LogP contribution in [0.2, 0.25) is 0 Å². The van der Waals surface area contributed by atoms with Crippen LogP contribution in [0.1, 0.15) is 22.4 Å². The molecule has 0 radical (unpaired) electrons. The summed E-state index contributed by atoms with van der Waals surface area (Å²) in [6.07, 6.45) is 0.739. The molecule has 6 nitrogen and oxygen atoms in total. The van der Waals surface area contributed by atoms with Crippen LogP contribution in [0.5, 0.6) is 0 Å². The van der Waals surface area contributed by atoms with Crippen molar-refractivity contribution in [3.63, 3.8) is 0 Å². The molecule has 1 saturated heterocycles. The summed E-state index contributed by atoms with van der Waals surface area (Å²) < 4.78 is 5.36. The minimum absolute atomic E-state index is 0. The van der Waals surface area contributed by atoms with Gasteiger partial charge in [0, 0.05) is 51.1 Å². The van der Waals surface area contributed by atoms with Crippen molar-refractivity contribution in [3.05, 3.63) is 16.1 Å². The average Bonchev–Trinajstić information content (AvgIpc) is 2.97. The van der Waals surface area contributed by atoms with Crippen LogP contribution in [0.3, 0.4) is 0 Å². The standard InChI is InChI=1S/C14H24N4O2S.2ClH/c1-2-20-10-9-17-5-7-18(8-6-17)14(19)12-11-21-13(16-12)3-4-15;;/h11H,2-10,15H2,1H3;2*1H. The number of thiazole rings is 1. The third-order valence-corrected chi connectivity index (χ3v) is 4.45. The molecule has 2 heterocycles. The van der Waals surface area contributed by atoms with Gasteiger partial charge < -0.3 is 15.4 Å². The van der Waals surface area contributed by atoms with Gasteiger partial charge in [0.25, 0.3) is 5.91 Å². The fourth-order valence-corrected chi connectivity index (χ4v) is 3.11. The summed E-state index contributed by atoms with van der Waals surface area (Å²) in [4.78, 5) is 21.0. The zero-order chi connectivity index (χ0) is 15.1. The first-order valence-corrected chi connectivity index (χ1v) is 8.36. The van der Waals surface area contributed by atoms with Gasteiger partial charge in [-0.25, -0.2) is 4.98 Å². The van der Waals surface area contributed by atoms with Gasteiger partial charge in [-0.2, -0.15) is 0 Å². The summed E-state index contributed by atoms with van der Waals surface area (Å²) in [5.74, 6) is 0.0407. The van der Waals surface area contributed by atoms with Crippen molar-refractivity contribution in [2.24, 2.45) is 5.73 Å². The zero-order valence-electron chi connectivity index (χ0n) is 13.4. The molecule has 0 unspecified atom stereocenters. The van der Waals surface area contributed by atoms with Crippen LogP contribution in [0.15, 0.2) is 5.38 Å². The number of carbonyl (C=O) groups excluding carboxylic acids is 1. The van der Waals surface area contributed by atoms with Gasteiger partial charge >= 0.3 is 0 Å². The van der Waals surface area contributed by atoms with E-state index in [2.05, 4.69) is 9.88 Å². The lowest BCUT2D eigenvalue weighted by atomic mass is 10.3. The fourth-order valence-electron chi connectivity index (χ4n) is 2.32. The van der Waals surface area contributed by atoms with Crippen LogP contribution in [0.25, 0.3) is 0 Å². The molecular formula is C14H26Cl2N4O2S.